The highest BCUT2D eigenvalue weighted by Gasteiger charge is 2.23. The smallest absolute Gasteiger partial charge is 0.339 e. The van der Waals surface area contributed by atoms with Crippen molar-refractivity contribution in [3.8, 4) is 5.75 Å². The molecule has 0 spiro atoms. The molecule has 27 heavy (non-hydrogen) atoms. The first-order chi connectivity index (χ1) is 13.0. The number of ether oxygens (including phenoxy) is 2. The predicted molar refractivity (Wildman–Crippen MR) is 101 cm³/mol. The Morgan fingerprint density at radius 3 is 2.41 bits per heavy atom. The van der Waals surface area contributed by atoms with Gasteiger partial charge in [0.05, 0.1) is 16.3 Å². The lowest BCUT2D eigenvalue weighted by atomic mass is 10.1. The molecule has 2 aromatic carbocycles. The summed E-state index contributed by atoms with van der Waals surface area (Å²) in [5, 5.41) is 2.92. The van der Waals surface area contributed by atoms with Crippen LogP contribution in [0.1, 0.15) is 32.7 Å². The molecule has 3 aromatic rings. The Balaban J connectivity index is 1.63. The first kappa shape index (κ1) is 18.6. The molecule has 0 radical (unpaired) electrons. The van der Waals surface area contributed by atoms with Gasteiger partial charge in [-0.25, -0.2) is 9.78 Å². The molecule has 1 heterocycles. The Labute approximate surface area is 160 Å². The molecular weight excluding hydrogens is 364 g/mol. The molecule has 3 rings (SSSR count). The van der Waals surface area contributed by atoms with Gasteiger partial charge in [-0.3, -0.25) is 4.79 Å². The van der Waals surface area contributed by atoms with E-state index in [2.05, 4.69) is 4.98 Å². The number of rotatable bonds is 7. The summed E-state index contributed by atoms with van der Waals surface area (Å²) in [6.07, 6.45) is -1.14. The summed E-state index contributed by atoms with van der Waals surface area (Å²) < 4.78 is 10.9. The maximum absolute atomic E-state index is 12.3. The number of aromatic nitrogens is 1. The number of hydrogen-bond donors (Lipinski definition) is 1. The van der Waals surface area contributed by atoms with Gasteiger partial charge in [0, 0.05) is 10.9 Å². The van der Waals surface area contributed by atoms with Crippen LogP contribution in [0.15, 0.2) is 60.0 Å². The van der Waals surface area contributed by atoms with Gasteiger partial charge in [0.25, 0.3) is 5.91 Å². The molecule has 1 amide bonds. The number of hydrogen-bond acceptors (Lipinski definition) is 6. The fraction of sp³-hybridized carbons (Fsp3) is 0.150. The highest BCUT2D eigenvalue weighted by atomic mass is 32.1. The normalized spacial score (nSPS) is 11.6. The minimum Gasteiger partial charge on any atom is -0.487 e. The first-order valence-corrected chi connectivity index (χ1v) is 9.10. The topological polar surface area (TPSA) is 91.5 Å². The summed E-state index contributed by atoms with van der Waals surface area (Å²) in [5.74, 6) is -0.760. The van der Waals surface area contributed by atoms with Crippen molar-refractivity contribution in [1.29, 1.82) is 0 Å². The van der Waals surface area contributed by atoms with Crippen molar-refractivity contribution in [1.82, 2.24) is 4.98 Å². The molecule has 1 atom stereocenters. The van der Waals surface area contributed by atoms with E-state index in [0.29, 0.717) is 23.5 Å². The van der Waals surface area contributed by atoms with Crippen LogP contribution in [0.3, 0.4) is 0 Å². The minimum absolute atomic E-state index is 0.300. The maximum Gasteiger partial charge on any atom is 0.339 e. The van der Waals surface area contributed by atoms with Crippen LogP contribution < -0.4 is 10.5 Å². The van der Waals surface area contributed by atoms with E-state index in [0.717, 1.165) is 10.7 Å². The molecule has 0 saturated heterocycles. The Morgan fingerprint density at radius 2 is 1.81 bits per heavy atom. The molecular formula is C20H18N2O4S. The van der Waals surface area contributed by atoms with Gasteiger partial charge in [-0.2, -0.15) is 0 Å². The molecule has 0 aliphatic heterocycles. The van der Waals surface area contributed by atoms with E-state index in [4.69, 9.17) is 15.2 Å². The lowest BCUT2D eigenvalue weighted by Gasteiger charge is -2.15. The summed E-state index contributed by atoms with van der Waals surface area (Å²) in [6.45, 7) is 2.29. The van der Waals surface area contributed by atoms with Gasteiger partial charge in [0.15, 0.2) is 0 Å². The maximum atomic E-state index is 12.3. The average molecular weight is 382 g/mol. The number of primary amides is 1. The van der Waals surface area contributed by atoms with Gasteiger partial charge in [-0.1, -0.05) is 30.3 Å². The number of nitrogens with two attached hydrogens (primary N) is 1. The van der Waals surface area contributed by atoms with Gasteiger partial charge in [0.2, 0.25) is 6.10 Å². The molecule has 1 unspecified atom stereocenters. The van der Waals surface area contributed by atoms with Crippen LogP contribution in [-0.2, 0) is 16.1 Å². The predicted octanol–water partition coefficient (Wildman–Crippen LogP) is 3.41. The third kappa shape index (κ3) is 4.92. The van der Waals surface area contributed by atoms with Crippen LogP contribution >= 0.6 is 11.3 Å². The van der Waals surface area contributed by atoms with Gasteiger partial charge in [-0.05, 0) is 31.2 Å². The standard InChI is InChI=1S/C20H18N2O4S/c1-13-22-16(12-27-13)11-25-17-9-7-15(8-10-17)20(24)26-18(19(21)23)14-5-3-2-4-6-14/h2-10,12,18H,11H2,1H3,(H2,21,23). The van der Waals surface area contributed by atoms with E-state index >= 15 is 0 Å². The molecule has 0 bridgehead atoms. The van der Waals surface area contributed by atoms with Gasteiger partial charge in [-0.15, -0.1) is 11.3 Å². The molecule has 0 aliphatic carbocycles. The monoisotopic (exact) mass is 382 g/mol. The third-order valence-corrected chi connectivity index (χ3v) is 4.55. The van der Waals surface area contributed by atoms with Crippen LogP contribution in [-0.4, -0.2) is 16.9 Å². The zero-order valence-electron chi connectivity index (χ0n) is 14.6. The Morgan fingerprint density at radius 1 is 1.11 bits per heavy atom. The fourth-order valence-electron chi connectivity index (χ4n) is 2.41. The van der Waals surface area contributed by atoms with Crippen molar-refractivity contribution in [3.05, 3.63) is 81.8 Å². The van der Waals surface area contributed by atoms with Crippen LogP contribution in [0, 0.1) is 6.92 Å². The van der Waals surface area contributed by atoms with Crippen LogP contribution in [0.5, 0.6) is 5.75 Å². The van der Waals surface area contributed by atoms with Crippen molar-refractivity contribution in [2.45, 2.75) is 19.6 Å². The second-order valence-electron chi connectivity index (χ2n) is 5.77. The molecule has 0 aliphatic rings. The zero-order valence-corrected chi connectivity index (χ0v) is 15.4. The molecule has 2 N–H and O–H groups in total. The van der Waals surface area contributed by atoms with Crippen molar-refractivity contribution >= 4 is 23.2 Å². The van der Waals surface area contributed by atoms with E-state index in [1.165, 1.54) is 0 Å². The number of carbonyl (C=O) groups excluding carboxylic acids is 2. The molecule has 0 fully saturated rings. The van der Waals surface area contributed by atoms with Crippen molar-refractivity contribution in [2.75, 3.05) is 0 Å². The second kappa shape index (κ2) is 8.46. The highest BCUT2D eigenvalue weighted by molar-refractivity contribution is 7.09. The van der Waals surface area contributed by atoms with Gasteiger partial charge >= 0.3 is 5.97 Å². The number of esters is 1. The van der Waals surface area contributed by atoms with E-state index < -0.39 is 18.0 Å². The summed E-state index contributed by atoms with van der Waals surface area (Å²) in [4.78, 5) is 28.3. The summed E-state index contributed by atoms with van der Waals surface area (Å²) in [6, 6.07) is 15.1. The van der Waals surface area contributed by atoms with Crippen LogP contribution in [0.25, 0.3) is 0 Å². The fourth-order valence-corrected chi connectivity index (χ4v) is 3.01. The number of aryl methyl sites for hydroxylation is 1. The summed E-state index contributed by atoms with van der Waals surface area (Å²) in [7, 11) is 0. The van der Waals surface area contributed by atoms with E-state index in [9.17, 15) is 9.59 Å². The Kier molecular flexibility index (Phi) is 5.83. The summed E-state index contributed by atoms with van der Waals surface area (Å²) in [5.41, 5.74) is 7.05. The molecule has 0 saturated carbocycles. The summed E-state index contributed by atoms with van der Waals surface area (Å²) >= 11 is 1.56. The van der Waals surface area contributed by atoms with Gasteiger partial charge in [0.1, 0.15) is 12.4 Å². The average Bonchev–Trinajstić information content (AvgIpc) is 3.10. The molecule has 6 nitrogen and oxygen atoms in total. The lowest BCUT2D eigenvalue weighted by Crippen LogP contribution is -2.26. The molecule has 1 aromatic heterocycles. The van der Waals surface area contributed by atoms with E-state index in [1.807, 2.05) is 12.3 Å². The number of benzene rings is 2. The largest absolute Gasteiger partial charge is 0.487 e. The minimum atomic E-state index is -1.14. The number of carbonyl (C=O) groups is 2. The van der Waals surface area contributed by atoms with E-state index in [1.54, 1.807) is 65.9 Å². The number of amides is 1. The molecule has 7 heteroatoms. The Bertz CT molecular complexity index is 923. The third-order valence-electron chi connectivity index (χ3n) is 3.73. The SMILES string of the molecule is Cc1nc(COc2ccc(C(=O)OC(C(N)=O)c3ccccc3)cc2)cs1. The van der Waals surface area contributed by atoms with Crippen molar-refractivity contribution in [3.63, 3.8) is 0 Å². The van der Waals surface area contributed by atoms with Crippen LogP contribution in [0.2, 0.25) is 0 Å². The second-order valence-corrected chi connectivity index (χ2v) is 6.83. The highest BCUT2D eigenvalue weighted by Crippen LogP contribution is 2.20. The van der Waals surface area contributed by atoms with Crippen molar-refractivity contribution < 1.29 is 19.1 Å². The number of nitrogens with zero attached hydrogens (tertiary/aromatic N) is 1. The molecule has 138 valence electrons. The number of thiazole rings is 1. The lowest BCUT2D eigenvalue weighted by molar-refractivity contribution is -0.127. The van der Waals surface area contributed by atoms with Crippen LogP contribution in [0.4, 0.5) is 0 Å². The zero-order chi connectivity index (χ0) is 19.2. The van der Waals surface area contributed by atoms with E-state index in [-0.39, 0.29) is 0 Å². The first-order valence-electron chi connectivity index (χ1n) is 8.22. The Hall–Kier alpha value is -3.19. The van der Waals surface area contributed by atoms with Gasteiger partial charge < -0.3 is 15.2 Å². The van der Waals surface area contributed by atoms with Crippen molar-refractivity contribution in [2.24, 2.45) is 5.73 Å². The quantitative estimate of drug-likeness (QED) is 0.632.